The SMILES string of the molecule is COc1ccc(Cn2ccccc2=O)cc1C#CCCO. The van der Waals surface area contributed by atoms with Gasteiger partial charge in [0.15, 0.2) is 0 Å². The zero-order valence-electron chi connectivity index (χ0n) is 11.9. The third-order valence-electron chi connectivity index (χ3n) is 2.98. The number of nitrogens with zero attached hydrogens (tertiary/aromatic N) is 1. The van der Waals surface area contributed by atoms with Crippen molar-refractivity contribution in [3.05, 3.63) is 64.1 Å². The molecule has 0 spiro atoms. The second-order valence-electron chi connectivity index (χ2n) is 4.48. The van der Waals surface area contributed by atoms with E-state index < -0.39 is 0 Å². The highest BCUT2D eigenvalue weighted by Crippen LogP contribution is 2.19. The number of hydrogen-bond acceptors (Lipinski definition) is 3. The van der Waals surface area contributed by atoms with E-state index in [0.717, 1.165) is 11.1 Å². The summed E-state index contributed by atoms with van der Waals surface area (Å²) in [6.07, 6.45) is 2.18. The summed E-state index contributed by atoms with van der Waals surface area (Å²) in [5, 5.41) is 8.78. The Balaban J connectivity index is 2.30. The van der Waals surface area contributed by atoms with Crippen LogP contribution in [0, 0.1) is 11.8 Å². The van der Waals surface area contributed by atoms with Gasteiger partial charge in [0.1, 0.15) is 5.75 Å². The van der Waals surface area contributed by atoms with Gasteiger partial charge in [0.05, 0.1) is 25.8 Å². The van der Waals surface area contributed by atoms with Gasteiger partial charge in [0, 0.05) is 18.7 Å². The van der Waals surface area contributed by atoms with Crippen LogP contribution in [0.4, 0.5) is 0 Å². The highest BCUT2D eigenvalue weighted by atomic mass is 16.5. The molecule has 1 N–H and O–H groups in total. The van der Waals surface area contributed by atoms with Gasteiger partial charge in [-0.25, -0.2) is 0 Å². The van der Waals surface area contributed by atoms with Crippen molar-refractivity contribution in [1.29, 1.82) is 0 Å². The predicted molar refractivity (Wildman–Crippen MR) is 81.4 cm³/mol. The molecule has 108 valence electrons. The van der Waals surface area contributed by atoms with E-state index in [1.807, 2.05) is 24.3 Å². The van der Waals surface area contributed by atoms with Gasteiger partial charge in [-0.1, -0.05) is 24.0 Å². The van der Waals surface area contributed by atoms with Crippen LogP contribution in [0.5, 0.6) is 5.75 Å². The van der Waals surface area contributed by atoms with Crippen LogP contribution in [-0.2, 0) is 6.54 Å². The number of hydrogen-bond donors (Lipinski definition) is 1. The predicted octanol–water partition coefficient (Wildman–Crippen LogP) is 1.64. The van der Waals surface area contributed by atoms with E-state index >= 15 is 0 Å². The summed E-state index contributed by atoms with van der Waals surface area (Å²) in [6.45, 7) is 0.521. The number of pyridine rings is 1. The van der Waals surface area contributed by atoms with Crippen molar-refractivity contribution in [2.45, 2.75) is 13.0 Å². The first kappa shape index (κ1) is 14.9. The van der Waals surface area contributed by atoms with Crippen molar-refractivity contribution in [1.82, 2.24) is 4.57 Å². The Morgan fingerprint density at radius 2 is 2.14 bits per heavy atom. The van der Waals surface area contributed by atoms with Gasteiger partial charge in [0.25, 0.3) is 5.56 Å². The monoisotopic (exact) mass is 283 g/mol. The molecule has 0 unspecified atom stereocenters. The standard InChI is InChI=1S/C17H17NO3/c1-21-16-9-8-14(12-15(16)6-3-5-11-19)13-18-10-4-2-7-17(18)20/h2,4,7-10,12,19H,5,11,13H2,1H3. The Bertz CT molecular complexity index is 723. The Morgan fingerprint density at radius 1 is 1.29 bits per heavy atom. The molecule has 2 rings (SSSR count). The van der Waals surface area contributed by atoms with Crippen LogP contribution in [0.3, 0.4) is 0 Å². The Labute approximate surface area is 123 Å². The molecule has 0 fully saturated rings. The fourth-order valence-corrected chi connectivity index (χ4v) is 1.95. The molecule has 2 aromatic rings. The van der Waals surface area contributed by atoms with Crippen LogP contribution >= 0.6 is 0 Å². The van der Waals surface area contributed by atoms with Crippen molar-refractivity contribution in [3.63, 3.8) is 0 Å². The first-order chi connectivity index (χ1) is 10.2. The van der Waals surface area contributed by atoms with Crippen molar-refractivity contribution in [2.75, 3.05) is 13.7 Å². The van der Waals surface area contributed by atoms with Crippen LogP contribution in [0.1, 0.15) is 17.5 Å². The molecule has 1 heterocycles. The summed E-state index contributed by atoms with van der Waals surface area (Å²) in [5.74, 6) is 6.55. The average Bonchev–Trinajstić information content (AvgIpc) is 2.50. The van der Waals surface area contributed by atoms with Gasteiger partial charge >= 0.3 is 0 Å². The van der Waals surface area contributed by atoms with Crippen molar-refractivity contribution < 1.29 is 9.84 Å². The van der Waals surface area contributed by atoms with E-state index in [4.69, 9.17) is 9.84 Å². The topological polar surface area (TPSA) is 51.5 Å². The minimum Gasteiger partial charge on any atom is -0.495 e. The van der Waals surface area contributed by atoms with E-state index in [2.05, 4.69) is 11.8 Å². The van der Waals surface area contributed by atoms with Crippen LogP contribution in [-0.4, -0.2) is 23.4 Å². The first-order valence-corrected chi connectivity index (χ1v) is 6.66. The summed E-state index contributed by atoms with van der Waals surface area (Å²) in [4.78, 5) is 11.7. The molecule has 0 aliphatic rings. The normalized spacial score (nSPS) is 9.81. The maximum Gasteiger partial charge on any atom is 0.250 e. The van der Waals surface area contributed by atoms with E-state index in [1.165, 1.54) is 6.07 Å². The molecule has 0 amide bonds. The molecule has 0 bridgehead atoms. The van der Waals surface area contributed by atoms with Gasteiger partial charge in [-0.2, -0.15) is 0 Å². The molecule has 4 heteroatoms. The summed E-state index contributed by atoms with van der Waals surface area (Å²) >= 11 is 0. The molecular weight excluding hydrogens is 266 g/mol. The Morgan fingerprint density at radius 3 is 2.86 bits per heavy atom. The van der Waals surface area contributed by atoms with E-state index in [0.29, 0.717) is 18.7 Å². The van der Waals surface area contributed by atoms with E-state index in [1.54, 1.807) is 23.9 Å². The number of rotatable bonds is 4. The molecule has 21 heavy (non-hydrogen) atoms. The van der Waals surface area contributed by atoms with Gasteiger partial charge in [0.2, 0.25) is 0 Å². The highest BCUT2D eigenvalue weighted by molar-refractivity contribution is 5.48. The van der Waals surface area contributed by atoms with E-state index in [-0.39, 0.29) is 12.2 Å². The van der Waals surface area contributed by atoms with Crippen molar-refractivity contribution in [2.24, 2.45) is 0 Å². The average molecular weight is 283 g/mol. The molecule has 0 atom stereocenters. The van der Waals surface area contributed by atoms with Gasteiger partial charge in [-0.3, -0.25) is 4.79 Å². The lowest BCUT2D eigenvalue weighted by Crippen LogP contribution is -2.18. The molecule has 0 saturated heterocycles. The fraction of sp³-hybridized carbons (Fsp3) is 0.235. The number of ether oxygens (including phenoxy) is 1. The third kappa shape index (κ3) is 3.98. The summed E-state index contributed by atoms with van der Waals surface area (Å²) in [7, 11) is 1.59. The molecule has 0 aliphatic carbocycles. The van der Waals surface area contributed by atoms with E-state index in [9.17, 15) is 4.79 Å². The van der Waals surface area contributed by atoms with Crippen LogP contribution < -0.4 is 10.3 Å². The molecule has 1 aromatic carbocycles. The minimum atomic E-state index is -0.0405. The Kier molecular flexibility index (Phi) is 5.19. The zero-order valence-corrected chi connectivity index (χ0v) is 11.9. The minimum absolute atomic E-state index is 0.0361. The number of benzene rings is 1. The fourth-order valence-electron chi connectivity index (χ4n) is 1.95. The zero-order chi connectivity index (χ0) is 15.1. The molecular formula is C17H17NO3. The first-order valence-electron chi connectivity index (χ1n) is 6.66. The second-order valence-corrected chi connectivity index (χ2v) is 4.48. The molecule has 0 aliphatic heterocycles. The lowest BCUT2D eigenvalue weighted by Gasteiger charge is -2.08. The maximum absolute atomic E-state index is 11.7. The maximum atomic E-state index is 11.7. The number of aromatic nitrogens is 1. The van der Waals surface area contributed by atoms with Crippen molar-refractivity contribution >= 4 is 0 Å². The lowest BCUT2D eigenvalue weighted by atomic mass is 10.1. The van der Waals surface area contributed by atoms with Crippen LogP contribution in [0.2, 0.25) is 0 Å². The largest absolute Gasteiger partial charge is 0.495 e. The summed E-state index contributed by atoms with van der Waals surface area (Å²) in [6, 6.07) is 10.7. The number of methoxy groups -OCH3 is 1. The van der Waals surface area contributed by atoms with Crippen LogP contribution in [0.25, 0.3) is 0 Å². The summed E-state index contributed by atoms with van der Waals surface area (Å²) in [5.41, 5.74) is 1.69. The number of aliphatic hydroxyl groups is 1. The third-order valence-corrected chi connectivity index (χ3v) is 2.98. The Hall–Kier alpha value is -2.51. The van der Waals surface area contributed by atoms with Gasteiger partial charge in [-0.05, 0) is 23.8 Å². The highest BCUT2D eigenvalue weighted by Gasteiger charge is 2.03. The quantitative estimate of drug-likeness (QED) is 0.868. The lowest BCUT2D eigenvalue weighted by molar-refractivity contribution is 0.305. The van der Waals surface area contributed by atoms with Gasteiger partial charge < -0.3 is 14.4 Å². The molecule has 1 aromatic heterocycles. The summed E-state index contributed by atoms with van der Waals surface area (Å²) < 4.78 is 6.90. The van der Waals surface area contributed by atoms with Crippen molar-refractivity contribution in [3.8, 4) is 17.6 Å². The molecule has 0 radical (unpaired) electrons. The van der Waals surface area contributed by atoms with Crippen LogP contribution in [0.15, 0.2) is 47.4 Å². The van der Waals surface area contributed by atoms with Gasteiger partial charge in [-0.15, -0.1) is 0 Å². The second kappa shape index (κ2) is 7.32. The molecule has 4 nitrogen and oxygen atoms in total. The molecule has 0 saturated carbocycles. The smallest absolute Gasteiger partial charge is 0.250 e. The number of aliphatic hydroxyl groups excluding tert-OH is 1.